The largest absolute Gasteiger partial charge is 0.461 e. The molecule has 4 aliphatic rings. The number of allylic oxidation sites excluding steroid dienone is 1. The third-order valence-corrected chi connectivity index (χ3v) is 6.77. The van der Waals surface area contributed by atoms with E-state index in [1.54, 1.807) is 6.92 Å². The normalized spacial score (nSPS) is 56.3. The maximum atomic E-state index is 12.7. The van der Waals surface area contributed by atoms with Crippen molar-refractivity contribution in [3.05, 3.63) is 11.6 Å². The lowest BCUT2D eigenvalue weighted by molar-refractivity contribution is -0.235. The molecule has 0 aromatic rings. The second-order valence-corrected chi connectivity index (χ2v) is 7.82. The molecule has 7 atom stereocenters. The van der Waals surface area contributed by atoms with Crippen LogP contribution in [0.3, 0.4) is 0 Å². The summed E-state index contributed by atoms with van der Waals surface area (Å²) in [4.78, 5) is 25.1. The number of esters is 1. The van der Waals surface area contributed by atoms with Gasteiger partial charge in [0.2, 0.25) is 0 Å². The lowest BCUT2D eigenvalue weighted by Crippen LogP contribution is -2.46. The van der Waals surface area contributed by atoms with Crippen LogP contribution in [0.15, 0.2) is 11.6 Å². The quantitative estimate of drug-likeness (QED) is 0.543. The third-order valence-electron chi connectivity index (χ3n) is 6.77. The van der Waals surface area contributed by atoms with E-state index >= 15 is 0 Å². The molecule has 120 valence electrons. The molecule has 0 radical (unpaired) electrons. The van der Waals surface area contributed by atoms with Crippen molar-refractivity contribution in [2.45, 2.75) is 58.5 Å². The number of carbonyl (C=O) groups is 2. The molecule has 2 aliphatic carbocycles. The first-order chi connectivity index (χ1) is 10.1. The van der Waals surface area contributed by atoms with Gasteiger partial charge in [-0.1, -0.05) is 18.6 Å². The minimum absolute atomic E-state index is 0.111. The average molecular weight is 306 g/mol. The van der Waals surface area contributed by atoms with Crippen molar-refractivity contribution in [2.75, 3.05) is 0 Å². The summed E-state index contributed by atoms with van der Waals surface area (Å²) in [5, 5.41) is 10.8. The molecule has 5 nitrogen and oxygen atoms in total. The molecule has 0 bridgehead atoms. The fraction of sp³-hybridized carbons (Fsp3) is 0.765. The first-order valence-corrected chi connectivity index (χ1v) is 7.99. The zero-order valence-corrected chi connectivity index (χ0v) is 13.4. The lowest BCUT2D eigenvalue weighted by Gasteiger charge is -2.35. The van der Waals surface area contributed by atoms with Crippen molar-refractivity contribution in [1.29, 1.82) is 0 Å². The number of ketones is 1. The van der Waals surface area contributed by atoms with Crippen molar-refractivity contribution < 1.29 is 24.2 Å². The Morgan fingerprint density at radius 3 is 2.64 bits per heavy atom. The van der Waals surface area contributed by atoms with Crippen molar-refractivity contribution in [3.63, 3.8) is 0 Å². The van der Waals surface area contributed by atoms with Crippen LogP contribution in [0.2, 0.25) is 0 Å². The molecule has 22 heavy (non-hydrogen) atoms. The number of hydrogen-bond acceptors (Lipinski definition) is 5. The summed E-state index contributed by atoms with van der Waals surface area (Å²) in [5.74, 6) is -2.06. The second-order valence-electron chi connectivity index (χ2n) is 7.82. The van der Waals surface area contributed by atoms with Gasteiger partial charge in [0.1, 0.15) is 17.3 Å². The van der Waals surface area contributed by atoms with Gasteiger partial charge in [-0.05, 0) is 33.1 Å². The Labute approximate surface area is 129 Å². The molecule has 0 aromatic heterocycles. The molecule has 1 saturated carbocycles. The molecule has 0 unspecified atom stereocenters. The molecule has 2 aliphatic heterocycles. The van der Waals surface area contributed by atoms with Gasteiger partial charge in [-0.25, -0.2) is 0 Å². The Bertz CT molecular complexity index is 621. The smallest absolute Gasteiger partial charge is 0.318 e. The van der Waals surface area contributed by atoms with Crippen LogP contribution in [-0.4, -0.2) is 34.9 Å². The Kier molecular flexibility index (Phi) is 2.50. The number of hydrogen-bond donors (Lipinski definition) is 1. The van der Waals surface area contributed by atoms with Gasteiger partial charge in [0.25, 0.3) is 0 Å². The Balaban J connectivity index is 1.93. The summed E-state index contributed by atoms with van der Waals surface area (Å²) in [6.45, 7) is 7.21. The first-order valence-electron chi connectivity index (χ1n) is 7.99. The fourth-order valence-electron chi connectivity index (χ4n) is 5.25. The standard InChI is InChI=1S/C17H22O5/c1-8-7-10-12-13(15(2)9(8)5-6-11(15)18)22-17(4,20)16(12,3)14(19)21-10/h5,8,10,12-13,20H,6-7H2,1-4H3/t8-,10+,12-,13-,15+,16+,17+/m1/s1. The van der Waals surface area contributed by atoms with Crippen LogP contribution >= 0.6 is 0 Å². The Morgan fingerprint density at radius 1 is 1.27 bits per heavy atom. The highest BCUT2D eigenvalue weighted by Crippen LogP contribution is 2.64. The van der Waals surface area contributed by atoms with Gasteiger partial charge in [0.15, 0.2) is 5.79 Å². The summed E-state index contributed by atoms with van der Waals surface area (Å²) >= 11 is 0. The van der Waals surface area contributed by atoms with Crippen LogP contribution < -0.4 is 0 Å². The van der Waals surface area contributed by atoms with E-state index in [0.717, 1.165) is 5.57 Å². The average Bonchev–Trinajstić information content (AvgIpc) is 2.91. The van der Waals surface area contributed by atoms with E-state index in [1.165, 1.54) is 6.92 Å². The molecule has 0 spiro atoms. The highest BCUT2D eigenvalue weighted by atomic mass is 16.7. The number of aliphatic hydroxyl groups is 1. The number of Topliss-reactive ketones (excluding diaryl/α,β-unsaturated/α-hetero) is 1. The van der Waals surface area contributed by atoms with Gasteiger partial charge in [0.05, 0.1) is 11.5 Å². The molecule has 0 aromatic carbocycles. The second kappa shape index (κ2) is 3.82. The van der Waals surface area contributed by atoms with E-state index in [4.69, 9.17) is 9.47 Å². The van der Waals surface area contributed by atoms with Gasteiger partial charge < -0.3 is 14.6 Å². The molecular formula is C17H22O5. The summed E-state index contributed by atoms with van der Waals surface area (Å²) in [6.07, 6.45) is 2.26. The van der Waals surface area contributed by atoms with Crippen LogP contribution in [0.25, 0.3) is 0 Å². The minimum atomic E-state index is -1.62. The fourth-order valence-corrected chi connectivity index (χ4v) is 5.25. The highest BCUT2D eigenvalue weighted by molar-refractivity contribution is 5.93. The number of rotatable bonds is 0. The Hall–Kier alpha value is -1.20. The number of ether oxygens (including phenoxy) is 2. The van der Waals surface area contributed by atoms with Crippen LogP contribution in [-0.2, 0) is 19.1 Å². The summed E-state index contributed by atoms with van der Waals surface area (Å²) in [7, 11) is 0. The van der Waals surface area contributed by atoms with Crippen LogP contribution in [0.4, 0.5) is 0 Å². The molecule has 1 N–H and O–H groups in total. The highest BCUT2D eigenvalue weighted by Gasteiger charge is 2.76. The van der Waals surface area contributed by atoms with Gasteiger partial charge in [0, 0.05) is 12.3 Å². The number of carbonyl (C=O) groups excluding carboxylic acids is 2. The van der Waals surface area contributed by atoms with Gasteiger partial charge in [-0.3, -0.25) is 9.59 Å². The molecule has 2 heterocycles. The van der Waals surface area contributed by atoms with Crippen LogP contribution in [0, 0.1) is 22.7 Å². The predicted octanol–water partition coefficient (Wildman–Crippen LogP) is 1.59. The molecule has 3 fully saturated rings. The van der Waals surface area contributed by atoms with Crippen LogP contribution in [0.5, 0.6) is 0 Å². The van der Waals surface area contributed by atoms with Crippen LogP contribution in [0.1, 0.15) is 40.5 Å². The lowest BCUT2D eigenvalue weighted by atomic mass is 9.65. The minimum Gasteiger partial charge on any atom is -0.461 e. The van der Waals surface area contributed by atoms with E-state index in [9.17, 15) is 14.7 Å². The SMILES string of the molecule is C[C@@H]1C[C@@H]2OC(=O)[C@]3(C)[C@H]2[C@@H](O[C@]3(C)O)[C@]2(C)C(=O)CC=C12. The zero-order valence-electron chi connectivity index (χ0n) is 13.4. The van der Waals surface area contributed by atoms with Gasteiger partial charge in [-0.15, -0.1) is 0 Å². The molecule has 4 rings (SSSR count). The molecular weight excluding hydrogens is 284 g/mol. The van der Waals surface area contributed by atoms with E-state index in [1.807, 2.05) is 13.0 Å². The summed E-state index contributed by atoms with van der Waals surface area (Å²) < 4.78 is 11.6. The monoisotopic (exact) mass is 306 g/mol. The number of fused-ring (bicyclic) bond motifs is 2. The first kappa shape index (κ1) is 14.4. The van der Waals surface area contributed by atoms with Crippen molar-refractivity contribution in [1.82, 2.24) is 0 Å². The van der Waals surface area contributed by atoms with E-state index in [0.29, 0.717) is 12.8 Å². The predicted molar refractivity (Wildman–Crippen MR) is 76.6 cm³/mol. The van der Waals surface area contributed by atoms with Gasteiger partial charge >= 0.3 is 5.97 Å². The van der Waals surface area contributed by atoms with Crippen molar-refractivity contribution >= 4 is 11.8 Å². The van der Waals surface area contributed by atoms with Gasteiger partial charge in [-0.2, -0.15) is 0 Å². The third kappa shape index (κ3) is 1.30. The molecule has 0 amide bonds. The van der Waals surface area contributed by atoms with Crippen molar-refractivity contribution in [3.8, 4) is 0 Å². The summed E-state index contributed by atoms with van der Waals surface area (Å²) in [5.41, 5.74) is -0.814. The summed E-state index contributed by atoms with van der Waals surface area (Å²) in [6, 6.07) is 0. The van der Waals surface area contributed by atoms with E-state index < -0.39 is 28.7 Å². The maximum absolute atomic E-state index is 12.7. The Morgan fingerprint density at radius 2 is 1.95 bits per heavy atom. The van der Waals surface area contributed by atoms with Crippen molar-refractivity contribution in [2.24, 2.45) is 22.7 Å². The van der Waals surface area contributed by atoms with E-state index in [-0.39, 0.29) is 23.7 Å². The molecule has 2 saturated heterocycles. The van der Waals surface area contributed by atoms with E-state index in [2.05, 4.69) is 6.92 Å². The topological polar surface area (TPSA) is 72.8 Å². The molecule has 5 heteroatoms. The maximum Gasteiger partial charge on any atom is 0.318 e. The zero-order chi connectivity index (χ0) is 16.1.